The number of amides is 1. The van der Waals surface area contributed by atoms with Gasteiger partial charge in [-0.2, -0.15) is 0 Å². The molecule has 1 amide bonds. The van der Waals surface area contributed by atoms with Gasteiger partial charge in [0, 0.05) is 12.1 Å². The number of hydrogen-bond acceptors (Lipinski definition) is 3. The van der Waals surface area contributed by atoms with Gasteiger partial charge in [-0.25, -0.2) is 4.79 Å². The number of carbonyl (C=O) groups excluding carboxylic acids is 1. The van der Waals surface area contributed by atoms with Crippen LogP contribution < -0.4 is 4.74 Å². The van der Waals surface area contributed by atoms with Gasteiger partial charge in [0.05, 0.1) is 6.61 Å². The molecule has 1 fully saturated rings. The Hall–Kier alpha value is -2.04. The van der Waals surface area contributed by atoms with Crippen molar-refractivity contribution in [1.82, 2.24) is 4.90 Å². The lowest BCUT2D eigenvalue weighted by atomic mass is 10.1. The average molecular weight is 277 g/mol. The average Bonchev–Trinajstić information content (AvgIpc) is 2.94. The molecule has 5 nitrogen and oxygen atoms in total. The third kappa shape index (κ3) is 3.10. The zero-order chi connectivity index (χ0) is 14.5. The van der Waals surface area contributed by atoms with E-state index in [2.05, 4.69) is 0 Å². The van der Waals surface area contributed by atoms with E-state index in [1.807, 2.05) is 6.92 Å². The van der Waals surface area contributed by atoms with E-state index in [-0.39, 0.29) is 5.91 Å². The maximum atomic E-state index is 12.3. The number of hydrogen-bond donors (Lipinski definition) is 1. The molecule has 0 unspecified atom stereocenters. The van der Waals surface area contributed by atoms with Crippen LogP contribution in [0.15, 0.2) is 24.3 Å². The van der Waals surface area contributed by atoms with Crippen LogP contribution >= 0.6 is 0 Å². The molecule has 1 aromatic rings. The zero-order valence-electron chi connectivity index (χ0n) is 11.5. The summed E-state index contributed by atoms with van der Waals surface area (Å²) in [7, 11) is 0. The molecule has 108 valence electrons. The van der Waals surface area contributed by atoms with Gasteiger partial charge in [-0.15, -0.1) is 0 Å². The normalized spacial score (nSPS) is 18.1. The van der Waals surface area contributed by atoms with E-state index in [1.165, 1.54) is 4.90 Å². The van der Waals surface area contributed by atoms with Crippen molar-refractivity contribution >= 4 is 11.9 Å². The topological polar surface area (TPSA) is 66.8 Å². The minimum Gasteiger partial charge on any atom is -0.494 e. The van der Waals surface area contributed by atoms with Gasteiger partial charge >= 0.3 is 5.97 Å². The summed E-state index contributed by atoms with van der Waals surface area (Å²) in [4.78, 5) is 24.8. The zero-order valence-corrected chi connectivity index (χ0v) is 11.5. The number of benzene rings is 1. The van der Waals surface area contributed by atoms with Gasteiger partial charge in [0.15, 0.2) is 0 Å². The molecule has 0 aromatic heterocycles. The van der Waals surface area contributed by atoms with Crippen molar-refractivity contribution in [2.24, 2.45) is 0 Å². The molecule has 1 saturated heterocycles. The first-order valence-electron chi connectivity index (χ1n) is 6.90. The predicted molar refractivity (Wildman–Crippen MR) is 73.9 cm³/mol. The van der Waals surface area contributed by atoms with Crippen molar-refractivity contribution in [3.05, 3.63) is 29.8 Å². The van der Waals surface area contributed by atoms with Crippen molar-refractivity contribution in [1.29, 1.82) is 0 Å². The summed E-state index contributed by atoms with van der Waals surface area (Å²) < 4.78 is 5.46. The Kier molecular flexibility index (Phi) is 4.61. The molecule has 1 aliphatic heterocycles. The smallest absolute Gasteiger partial charge is 0.326 e. The molecule has 1 N–H and O–H groups in total. The maximum Gasteiger partial charge on any atom is 0.326 e. The standard InChI is InChI=1S/C15H19NO4/c1-2-10-20-12-7-5-11(6-8-12)14(17)16-9-3-4-13(16)15(18)19/h5-8,13H,2-4,9-10H2,1H3,(H,18,19)/t13-/m0/s1. The van der Waals surface area contributed by atoms with Gasteiger partial charge < -0.3 is 14.7 Å². The monoisotopic (exact) mass is 277 g/mol. The Bertz CT molecular complexity index is 483. The summed E-state index contributed by atoms with van der Waals surface area (Å²) in [6.45, 7) is 3.17. The molecule has 1 heterocycles. The Morgan fingerprint density at radius 1 is 1.35 bits per heavy atom. The molecule has 0 bridgehead atoms. The Morgan fingerprint density at radius 3 is 2.65 bits per heavy atom. The predicted octanol–water partition coefficient (Wildman–Crippen LogP) is 2.16. The van der Waals surface area contributed by atoms with Crippen LogP contribution in [0.1, 0.15) is 36.5 Å². The van der Waals surface area contributed by atoms with Crippen LogP contribution in [-0.2, 0) is 4.79 Å². The maximum absolute atomic E-state index is 12.3. The highest BCUT2D eigenvalue weighted by Gasteiger charge is 2.34. The Morgan fingerprint density at radius 2 is 2.05 bits per heavy atom. The fourth-order valence-electron chi connectivity index (χ4n) is 2.35. The van der Waals surface area contributed by atoms with Crippen molar-refractivity contribution < 1.29 is 19.4 Å². The van der Waals surface area contributed by atoms with Gasteiger partial charge in [-0.05, 0) is 43.5 Å². The van der Waals surface area contributed by atoms with E-state index < -0.39 is 12.0 Å². The number of aliphatic carboxylic acids is 1. The second kappa shape index (κ2) is 6.41. The second-order valence-corrected chi connectivity index (χ2v) is 4.87. The Balaban J connectivity index is 2.07. The summed E-state index contributed by atoms with van der Waals surface area (Å²) in [5.74, 6) is -0.435. The Labute approximate surface area is 118 Å². The minimum atomic E-state index is -0.932. The van der Waals surface area contributed by atoms with E-state index in [0.29, 0.717) is 25.1 Å². The van der Waals surface area contributed by atoms with Crippen molar-refractivity contribution in [3.63, 3.8) is 0 Å². The molecule has 0 saturated carbocycles. The molecule has 1 aromatic carbocycles. The highest BCUT2D eigenvalue weighted by Crippen LogP contribution is 2.21. The van der Waals surface area contributed by atoms with Gasteiger partial charge in [0.1, 0.15) is 11.8 Å². The van der Waals surface area contributed by atoms with Crippen LogP contribution in [0.25, 0.3) is 0 Å². The lowest BCUT2D eigenvalue weighted by Gasteiger charge is -2.21. The van der Waals surface area contributed by atoms with Crippen LogP contribution in [0, 0.1) is 0 Å². The van der Waals surface area contributed by atoms with E-state index in [0.717, 1.165) is 18.6 Å². The van der Waals surface area contributed by atoms with Crippen LogP contribution in [-0.4, -0.2) is 41.1 Å². The first-order chi connectivity index (χ1) is 9.63. The van der Waals surface area contributed by atoms with Gasteiger partial charge in [0.2, 0.25) is 0 Å². The van der Waals surface area contributed by atoms with Gasteiger partial charge in [-0.1, -0.05) is 6.92 Å². The molecule has 0 spiro atoms. The molecule has 0 radical (unpaired) electrons. The highest BCUT2D eigenvalue weighted by atomic mass is 16.5. The van der Waals surface area contributed by atoms with E-state index in [1.54, 1.807) is 24.3 Å². The number of carboxylic acids is 1. The van der Waals surface area contributed by atoms with E-state index in [4.69, 9.17) is 9.84 Å². The van der Waals surface area contributed by atoms with Crippen LogP contribution in [0.2, 0.25) is 0 Å². The van der Waals surface area contributed by atoms with Gasteiger partial charge in [0.25, 0.3) is 5.91 Å². The second-order valence-electron chi connectivity index (χ2n) is 4.87. The minimum absolute atomic E-state index is 0.225. The third-order valence-corrected chi connectivity index (χ3v) is 3.37. The molecule has 1 atom stereocenters. The molecular formula is C15H19NO4. The third-order valence-electron chi connectivity index (χ3n) is 3.37. The van der Waals surface area contributed by atoms with Crippen molar-refractivity contribution in [2.45, 2.75) is 32.2 Å². The summed E-state index contributed by atoms with van der Waals surface area (Å²) in [6, 6.07) is 6.16. The molecule has 5 heteroatoms. The van der Waals surface area contributed by atoms with Crippen LogP contribution in [0.5, 0.6) is 5.75 Å². The SMILES string of the molecule is CCCOc1ccc(C(=O)N2CCC[C@H]2C(=O)O)cc1. The summed E-state index contributed by atoms with van der Waals surface area (Å²) in [5.41, 5.74) is 0.502. The van der Waals surface area contributed by atoms with Crippen molar-refractivity contribution in [3.8, 4) is 5.75 Å². The summed E-state index contributed by atoms with van der Waals surface area (Å²) in [6.07, 6.45) is 2.19. The number of likely N-dealkylation sites (tertiary alicyclic amines) is 1. The van der Waals surface area contributed by atoms with E-state index >= 15 is 0 Å². The number of nitrogens with zero attached hydrogens (tertiary/aromatic N) is 1. The first-order valence-corrected chi connectivity index (χ1v) is 6.90. The lowest BCUT2D eigenvalue weighted by Crippen LogP contribution is -2.40. The molecule has 20 heavy (non-hydrogen) atoms. The molecular weight excluding hydrogens is 258 g/mol. The number of ether oxygens (including phenoxy) is 1. The summed E-state index contributed by atoms with van der Waals surface area (Å²) in [5, 5.41) is 9.11. The fraction of sp³-hybridized carbons (Fsp3) is 0.467. The van der Waals surface area contributed by atoms with E-state index in [9.17, 15) is 9.59 Å². The van der Waals surface area contributed by atoms with Crippen LogP contribution in [0.3, 0.4) is 0 Å². The molecule has 0 aliphatic carbocycles. The quantitative estimate of drug-likeness (QED) is 0.895. The fourth-order valence-corrected chi connectivity index (χ4v) is 2.35. The number of rotatable bonds is 5. The highest BCUT2D eigenvalue weighted by molar-refractivity contribution is 5.97. The van der Waals surface area contributed by atoms with Crippen LogP contribution in [0.4, 0.5) is 0 Å². The first kappa shape index (κ1) is 14.4. The number of carboxylic acid groups (broad SMARTS) is 1. The number of carbonyl (C=O) groups is 2. The summed E-state index contributed by atoms with van der Waals surface area (Å²) >= 11 is 0. The van der Waals surface area contributed by atoms with Gasteiger partial charge in [-0.3, -0.25) is 4.79 Å². The molecule has 1 aliphatic rings. The molecule has 2 rings (SSSR count). The lowest BCUT2D eigenvalue weighted by molar-refractivity contribution is -0.141. The largest absolute Gasteiger partial charge is 0.494 e. The van der Waals surface area contributed by atoms with Crippen molar-refractivity contribution in [2.75, 3.05) is 13.2 Å².